The van der Waals surface area contributed by atoms with Crippen molar-refractivity contribution in [3.8, 4) is 0 Å². The molecule has 110 valence electrons. The van der Waals surface area contributed by atoms with Crippen LogP contribution in [0.2, 0.25) is 5.02 Å². The van der Waals surface area contributed by atoms with Crippen molar-refractivity contribution in [3.05, 3.63) is 74.5 Å². The fraction of sp³-hybridized carbons (Fsp3) is 0.200. The van der Waals surface area contributed by atoms with Crippen LogP contribution in [0.4, 0.5) is 10.1 Å². The Bertz CT molecular complexity index is 664. The topological polar surface area (TPSA) is 55.2 Å². The lowest BCUT2D eigenvalue weighted by Crippen LogP contribution is -2.18. The molecule has 0 radical (unpaired) electrons. The van der Waals surface area contributed by atoms with Crippen molar-refractivity contribution in [2.75, 3.05) is 0 Å². The molecule has 0 aliphatic heterocycles. The number of nitrogens with one attached hydrogen (secondary N) is 1. The Hall–Kier alpha value is -1.98. The standard InChI is InChI=1S/C15H14ClFN2O2/c1-10(11-3-2-4-14(17)8-11)18-9-12-7-13(16)5-6-15(12)19(20)21/h2-8,10,18H,9H2,1H3/t10-/m0/s1. The van der Waals surface area contributed by atoms with E-state index in [9.17, 15) is 14.5 Å². The van der Waals surface area contributed by atoms with Gasteiger partial charge in [-0.15, -0.1) is 0 Å². The van der Waals surface area contributed by atoms with Crippen LogP contribution in [0.5, 0.6) is 0 Å². The van der Waals surface area contributed by atoms with Crippen LogP contribution in [0.1, 0.15) is 24.1 Å². The van der Waals surface area contributed by atoms with Gasteiger partial charge in [0.2, 0.25) is 0 Å². The van der Waals surface area contributed by atoms with Crippen LogP contribution in [0.25, 0.3) is 0 Å². The molecule has 21 heavy (non-hydrogen) atoms. The molecule has 2 rings (SSSR count). The van der Waals surface area contributed by atoms with E-state index in [0.29, 0.717) is 10.6 Å². The summed E-state index contributed by atoms with van der Waals surface area (Å²) in [5.41, 5.74) is 1.29. The first-order chi connectivity index (χ1) is 9.97. The van der Waals surface area contributed by atoms with Gasteiger partial charge in [-0.25, -0.2) is 4.39 Å². The summed E-state index contributed by atoms with van der Waals surface area (Å²) >= 11 is 5.87. The Morgan fingerprint density at radius 2 is 2.10 bits per heavy atom. The number of nitro groups is 1. The van der Waals surface area contributed by atoms with E-state index in [1.54, 1.807) is 18.2 Å². The average molecular weight is 309 g/mol. The lowest BCUT2D eigenvalue weighted by atomic mass is 10.1. The summed E-state index contributed by atoms with van der Waals surface area (Å²) in [5, 5.41) is 14.6. The van der Waals surface area contributed by atoms with Crippen molar-refractivity contribution in [3.63, 3.8) is 0 Å². The summed E-state index contributed by atoms with van der Waals surface area (Å²) in [4.78, 5) is 10.5. The molecule has 4 nitrogen and oxygen atoms in total. The Labute approximate surface area is 126 Å². The normalized spacial score (nSPS) is 12.1. The maximum absolute atomic E-state index is 13.2. The summed E-state index contributed by atoms with van der Waals surface area (Å²) in [6, 6.07) is 10.5. The second-order valence-corrected chi connectivity index (χ2v) is 5.12. The summed E-state index contributed by atoms with van der Waals surface area (Å²) in [7, 11) is 0. The zero-order valence-corrected chi connectivity index (χ0v) is 12.1. The van der Waals surface area contributed by atoms with Gasteiger partial charge in [0.1, 0.15) is 5.82 Å². The fourth-order valence-electron chi connectivity index (χ4n) is 2.03. The number of hydrogen-bond acceptors (Lipinski definition) is 3. The van der Waals surface area contributed by atoms with Gasteiger partial charge in [-0.2, -0.15) is 0 Å². The van der Waals surface area contributed by atoms with E-state index < -0.39 is 4.92 Å². The molecule has 2 aromatic carbocycles. The molecule has 6 heteroatoms. The van der Waals surface area contributed by atoms with E-state index in [4.69, 9.17) is 11.6 Å². The molecule has 0 saturated heterocycles. The highest BCUT2D eigenvalue weighted by Gasteiger charge is 2.15. The van der Waals surface area contributed by atoms with Gasteiger partial charge in [0.05, 0.1) is 4.92 Å². The van der Waals surface area contributed by atoms with E-state index in [-0.39, 0.29) is 24.1 Å². The second-order valence-electron chi connectivity index (χ2n) is 4.69. The van der Waals surface area contributed by atoms with Crippen LogP contribution in [0.3, 0.4) is 0 Å². The summed E-state index contributed by atoms with van der Waals surface area (Å²) in [6.07, 6.45) is 0. The van der Waals surface area contributed by atoms with E-state index in [1.807, 2.05) is 6.92 Å². The van der Waals surface area contributed by atoms with Crippen molar-refractivity contribution in [2.45, 2.75) is 19.5 Å². The number of nitrogens with zero attached hydrogens (tertiary/aromatic N) is 1. The molecular weight excluding hydrogens is 295 g/mol. The smallest absolute Gasteiger partial charge is 0.273 e. The zero-order valence-electron chi connectivity index (χ0n) is 11.3. The number of benzene rings is 2. The zero-order chi connectivity index (χ0) is 15.4. The van der Waals surface area contributed by atoms with Crippen LogP contribution in [0.15, 0.2) is 42.5 Å². The van der Waals surface area contributed by atoms with E-state index in [2.05, 4.69) is 5.32 Å². The number of rotatable bonds is 5. The van der Waals surface area contributed by atoms with Crippen molar-refractivity contribution in [2.24, 2.45) is 0 Å². The predicted molar refractivity (Wildman–Crippen MR) is 79.8 cm³/mol. The fourth-order valence-corrected chi connectivity index (χ4v) is 2.23. The monoisotopic (exact) mass is 308 g/mol. The van der Waals surface area contributed by atoms with Crippen molar-refractivity contribution in [1.29, 1.82) is 0 Å². The van der Waals surface area contributed by atoms with Gasteiger partial charge >= 0.3 is 0 Å². The third kappa shape index (κ3) is 4.00. The first-order valence-corrected chi connectivity index (χ1v) is 6.77. The third-order valence-electron chi connectivity index (χ3n) is 3.19. The van der Waals surface area contributed by atoms with Gasteiger partial charge in [-0.05, 0) is 36.8 Å². The Kier molecular flexibility index (Phi) is 4.88. The molecule has 1 N–H and O–H groups in total. The summed E-state index contributed by atoms with van der Waals surface area (Å²) in [5.74, 6) is -0.310. The molecule has 0 fully saturated rings. The van der Waals surface area contributed by atoms with Gasteiger partial charge in [-0.1, -0.05) is 23.7 Å². The largest absolute Gasteiger partial charge is 0.306 e. The van der Waals surface area contributed by atoms with Crippen LogP contribution >= 0.6 is 11.6 Å². The molecule has 1 atom stereocenters. The lowest BCUT2D eigenvalue weighted by Gasteiger charge is -2.14. The van der Waals surface area contributed by atoms with Crippen LogP contribution < -0.4 is 5.32 Å². The highest BCUT2D eigenvalue weighted by atomic mass is 35.5. The maximum atomic E-state index is 13.2. The summed E-state index contributed by atoms with van der Waals surface area (Å²) in [6.45, 7) is 2.14. The highest BCUT2D eigenvalue weighted by Crippen LogP contribution is 2.23. The van der Waals surface area contributed by atoms with Crippen LogP contribution in [0, 0.1) is 15.9 Å². The van der Waals surface area contributed by atoms with Gasteiger partial charge in [0.25, 0.3) is 5.69 Å². The van der Waals surface area contributed by atoms with E-state index >= 15 is 0 Å². The van der Waals surface area contributed by atoms with Crippen molar-refractivity contribution in [1.82, 2.24) is 5.32 Å². The maximum Gasteiger partial charge on any atom is 0.273 e. The molecule has 0 spiro atoms. The van der Waals surface area contributed by atoms with Crippen LogP contribution in [-0.4, -0.2) is 4.92 Å². The molecular formula is C15H14ClFN2O2. The van der Waals surface area contributed by atoms with Gasteiger partial charge in [0.15, 0.2) is 0 Å². The molecule has 0 aromatic heterocycles. The number of nitro benzene ring substituents is 1. The molecule has 0 saturated carbocycles. The first-order valence-electron chi connectivity index (χ1n) is 6.39. The number of hydrogen-bond donors (Lipinski definition) is 1. The SMILES string of the molecule is C[C@H](NCc1cc(Cl)ccc1[N+](=O)[O-])c1cccc(F)c1. The first kappa shape index (κ1) is 15.4. The molecule has 0 unspecified atom stereocenters. The van der Waals surface area contributed by atoms with Crippen molar-refractivity contribution >= 4 is 17.3 Å². The van der Waals surface area contributed by atoms with Gasteiger partial charge in [-0.3, -0.25) is 10.1 Å². The minimum atomic E-state index is -0.444. The quantitative estimate of drug-likeness (QED) is 0.664. The molecule has 0 aliphatic carbocycles. The Morgan fingerprint density at radius 3 is 2.76 bits per heavy atom. The van der Waals surface area contributed by atoms with E-state index in [0.717, 1.165) is 5.56 Å². The number of halogens is 2. The minimum Gasteiger partial charge on any atom is -0.306 e. The van der Waals surface area contributed by atoms with E-state index in [1.165, 1.54) is 24.3 Å². The van der Waals surface area contributed by atoms with Gasteiger partial charge < -0.3 is 5.32 Å². The molecule has 0 amide bonds. The second kappa shape index (κ2) is 6.65. The highest BCUT2D eigenvalue weighted by molar-refractivity contribution is 6.30. The van der Waals surface area contributed by atoms with Crippen molar-refractivity contribution < 1.29 is 9.31 Å². The Balaban J connectivity index is 2.12. The average Bonchev–Trinajstić information content (AvgIpc) is 2.44. The molecule has 0 aliphatic rings. The minimum absolute atomic E-state index is 0.0124. The summed E-state index contributed by atoms with van der Waals surface area (Å²) < 4.78 is 13.2. The van der Waals surface area contributed by atoms with Gasteiger partial charge in [0, 0.05) is 29.2 Å². The predicted octanol–water partition coefficient (Wildman–Crippen LogP) is 4.24. The Morgan fingerprint density at radius 1 is 1.33 bits per heavy atom. The lowest BCUT2D eigenvalue weighted by molar-refractivity contribution is -0.385. The van der Waals surface area contributed by atoms with Crippen LogP contribution in [-0.2, 0) is 6.54 Å². The molecule has 0 bridgehead atoms. The molecule has 0 heterocycles. The third-order valence-corrected chi connectivity index (χ3v) is 3.42. The molecule has 2 aromatic rings.